The van der Waals surface area contributed by atoms with Crippen LogP contribution in [0.5, 0.6) is 0 Å². The van der Waals surface area contributed by atoms with Crippen molar-refractivity contribution in [3.8, 4) is 0 Å². The summed E-state index contributed by atoms with van der Waals surface area (Å²) >= 11 is 0. The van der Waals surface area contributed by atoms with E-state index in [9.17, 15) is 4.79 Å². The molecule has 0 radical (unpaired) electrons. The molecule has 20 heavy (non-hydrogen) atoms. The Morgan fingerprint density at radius 2 is 2.40 bits per heavy atom. The zero-order valence-electron chi connectivity index (χ0n) is 10.9. The Kier molecular flexibility index (Phi) is 3.80. The molecule has 2 amide bonds. The SMILES string of the molecule is O=C(NCC1COCCO1)Nc1ccc2[nH]ncc2c1. The van der Waals surface area contributed by atoms with Crippen LogP contribution in [-0.2, 0) is 9.47 Å². The highest BCUT2D eigenvalue weighted by Crippen LogP contribution is 2.16. The van der Waals surface area contributed by atoms with Crippen LogP contribution >= 0.6 is 0 Å². The lowest BCUT2D eigenvalue weighted by Crippen LogP contribution is -2.41. The van der Waals surface area contributed by atoms with Gasteiger partial charge in [-0.3, -0.25) is 5.10 Å². The summed E-state index contributed by atoms with van der Waals surface area (Å²) in [4.78, 5) is 11.8. The number of carbonyl (C=O) groups is 1. The molecule has 0 aliphatic carbocycles. The minimum Gasteiger partial charge on any atom is -0.376 e. The van der Waals surface area contributed by atoms with E-state index in [1.54, 1.807) is 6.20 Å². The third kappa shape index (κ3) is 3.06. The van der Waals surface area contributed by atoms with Gasteiger partial charge in [-0.05, 0) is 18.2 Å². The number of urea groups is 1. The summed E-state index contributed by atoms with van der Waals surface area (Å²) in [6, 6.07) is 5.29. The Morgan fingerprint density at radius 3 is 3.25 bits per heavy atom. The molecule has 0 bridgehead atoms. The monoisotopic (exact) mass is 276 g/mol. The predicted molar refractivity (Wildman–Crippen MR) is 73.7 cm³/mol. The molecule has 0 saturated carbocycles. The standard InChI is InChI=1S/C13H16N4O3/c18-13(14-7-11-8-19-3-4-20-11)16-10-1-2-12-9(5-10)6-15-17-12/h1-2,5-6,11H,3-4,7-8H2,(H,15,17)(H2,14,16,18). The normalized spacial score (nSPS) is 18.9. The van der Waals surface area contributed by atoms with E-state index >= 15 is 0 Å². The third-order valence-corrected chi connectivity index (χ3v) is 3.07. The van der Waals surface area contributed by atoms with Crippen molar-refractivity contribution in [3.63, 3.8) is 0 Å². The molecule has 1 atom stereocenters. The number of hydrogen-bond donors (Lipinski definition) is 3. The summed E-state index contributed by atoms with van der Waals surface area (Å²) in [6.45, 7) is 2.14. The number of H-pyrrole nitrogens is 1. The number of amides is 2. The lowest BCUT2D eigenvalue weighted by Gasteiger charge is -2.23. The Bertz CT molecular complexity index is 592. The molecule has 3 rings (SSSR count). The Labute approximate surface area is 115 Å². The van der Waals surface area contributed by atoms with Crippen molar-refractivity contribution in [1.82, 2.24) is 15.5 Å². The molecule has 1 unspecified atom stereocenters. The van der Waals surface area contributed by atoms with E-state index in [1.165, 1.54) is 0 Å². The van der Waals surface area contributed by atoms with Gasteiger partial charge in [0.1, 0.15) is 0 Å². The van der Waals surface area contributed by atoms with Crippen molar-refractivity contribution >= 4 is 22.6 Å². The molecule has 2 aromatic rings. The maximum absolute atomic E-state index is 11.8. The van der Waals surface area contributed by atoms with Crippen LogP contribution in [0.1, 0.15) is 0 Å². The smallest absolute Gasteiger partial charge is 0.319 e. The zero-order chi connectivity index (χ0) is 13.8. The number of carbonyl (C=O) groups excluding carboxylic acids is 1. The molecule has 1 aliphatic rings. The second-order valence-electron chi connectivity index (χ2n) is 4.57. The lowest BCUT2D eigenvalue weighted by molar-refractivity contribution is -0.0852. The number of fused-ring (bicyclic) bond motifs is 1. The van der Waals surface area contributed by atoms with Gasteiger partial charge in [0.05, 0.1) is 37.6 Å². The van der Waals surface area contributed by atoms with Gasteiger partial charge in [0, 0.05) is 17.6 Å². The van der Waals surface area contributed by atoms with E-state index in [0.717, 1.165) is 16.6 Å². The minimum atomic E-state index is -0.262. The van der Waals surface area contributed by atoms with Gasteiger partial charge in [-0.15, -0.1) is 0 Å². The number of ether oxygens (including phenoxy) is 2. The fourth-order valence-corrected chi connectivity index (χ4v) is 2.06. The van der Waals surface area contributed by atoms with E-state index < -0.39 is 0 Å². The van der Waals surface area contributed by atoms with Crippen LogP contribution in [-0.4, -0.2) is 48.7 Å². The van der Waals surface area contributed by atoms with Gasteiger partial charge in [-0.1, -0.05) is 0 Å². The summed E-state index contributed by atoms with van der Waals surface area (Å²) in [5.74, 6) is 0. The van der Waals surface area contributed by atoms with Crippen molar-refractivity contribution < 1.29 is 14.3 Å². The maximum Gasteiger partial charge on any atom is 0.319 e. The second kappa shape index (κ2) is 5.89. The molecule has 3 N–H and O–H groups in total. The average molecular weight is 276 g/mol. The minimum absolute atomic E-state index is 0.0779. The quantitative estimate of drug-likeness (QED) is 0.783. The first kappa shape index (κ1) is 12.9. The molecule has 7 nitrogen and oxygen atoms in total. The van der Waals surface area contributed by atoms with Gasteiger partial charge in [-0.2, -0.15) is 5.10 Å². The second-order valence-corrected chi connectivity index (χ2v) is 4.57. The Balaban J connectivity index is 1.52. The molecule has 0 spiro atoms. The van der Waals surface area contributed by atoms with Crippen molar-refractivity contribution in [2.45, 2.75) is 6.10 Å². The molecule has 1 aliphatic heterocycles. The van der Waals surface area contributed by atoms with Crippen molar-refractivity contribution in [2.24, 2.45) is 0 Å². The fourth-order valence-electron chi connectivity index (χ4n) is 2.06. The summed E-state index contributed by atoms with van der Waals surface area (Å²) < 4.78 is 10.7. The van der Waals surface area contributed by atoms with E-state index in [1.807, 2.05) is 18.2 Å². The van der Waals surface area contributed by atoms with Gasteiger partial charge in [0.25, 0.3) is 0 Å². The summed E-state index contributed by atoms with van der Waals surface area (Å²) in [5, 5.41) is 13.3. The first-order valence-electron chi connectivity index (χ1n) is 6.48. The molecule has 106 valence electrons. The van der Waals surface area contributed by atoms with Crippen LogP contribution in [0.2, 0.25) is 0 Å². The topological polar surface area (TPSA) is 88.3 Å². The molecular formula is C13H16N4O3. The zero-order valence-corrected chi connectivity index (χ0v) is 10.9. The number of nitrogens with zero attached hydrogens (tertiary/aromatic N) is 1. The molecule has 1 aromatic carbocycles. The predicted octanol–water partition coefficient (Wildman–Crippen LogP) is 1.10. The van der Waals surface area contributed by atoms with E-state index in [0.29, 0.717) is 26.4 Å². The van der Waals surface area contributed by atoms with Gasteiger partial charge in [-0.25, -0.2) is 4.79 Å². The van der Waals surface area contributed by atoms with Gasteiger partial charge in [0.15, 0.2) is 0 Å². The highest BCUT2D eigenvalue weighted by molar-refractivity contribution is 5.92. The van der Waals surface area contributed by atoms with Crippen LogP contribution in [0.25, 0.3) is 10.9 Å². The summed E-state index contributed by atoms with van der Waals surface area (Å²) in [5.41, 5.74) is 1.65. The number of rotatable bonds is 3. The highest BCUT2D eigenvalue weighted by atomic mass is 16.6. The van der Waals surface area contributed by atoms with E-state index in [2.05, 4.69) is 20.8 Å². The number of hydrogen-bond acceptors (Lipinski definition) is 4. The van der Waals surface area contributed by atoms with Crippen LogP contribution < -0.4 is 10.6 Å². The lowest BCUT2D eigenvalue weighted by atomic mass is 10.2. The first-order chi connectivity index (χ1) is 9.81. The van der Waals surface area contributed by atoms with Crippen LogP contribution in [0.4, 0.5) is 10.5 Å². The van der Waals surface area contributed by atoms with Crippen molar-refractivity contribution in [2.75, 3.05) is 31.7 Å². The Hall–Kier alpha value is -2.12. The molecule has 1 saturated heterocycles. The average Bonchev–Trinajstić information content (AvgIpc) is 2.94. The molecular weight excluding hydrogens is 260 g/mol. The highest BCUT2D eigenvalue weighted by Gasteiger charge is 2.15. The summed E-state index contributed by atoms with van der Waals surface area (Å²) in [7, 11) is 0. The first-order valence-corrected chi connectivity index (χ1v) is 6.48. The number of benzene rings is 1. The molecule has 2 heterocycles. The van der Waals surface area contributed by atoms with Crippen molar-refractivity contribution in [3.05, 3.63) is 24.4 Å². The number of aromatic nitrogens is 2. The summed E-state index contributed by atoms with van der Waals surface area (Å²) in [6.07, 6.45) is 1.64. The molecule has 1 fully saturated rings. The fraction of sp³-hybridized carbons (Fsp3) is 0.385. The van der Waals surface area contributed by atoms with E-state index in [4.69, 9.17) is 9.47 Å². The van der Waals surface area contributed by atoms with E-state index in [-0.39, 0.29) is 12.1 Å². The van der Waals surface area contributed by atoms with Crippen LogP contribution in [0, 0.1) is 0 Å². The number of aromatic amines is 1. The van der Waals surface area contributed by atoms with Gasteiger partial charge >= 0.3 is 6.03 Å². The number of anilines is 1. The molecule has 1 aromatic heterocycles. The van der Waals surface area contributed by atoms with Crippen LogP contribution in [0.15, 0.2) is 24.4 Å². The third-order valence-electron chi connectivity index (χ3n) is 3.07. The van der Waals surface area contributed by atoms with Crippen molar-refractivity contribution in [1.29, 1.82) is 0 Å². The van der Waals surface area contributed by atoms with Gasteiger partial charge in [0.2, 0.25) is 0 Å². The maximum atomic E-state index is 11.8. The van der Waals surface area contributed by atoms with Gasteiger partial charge < -0.3 is 20.1 Å². The largest absolute Gasteiger partial charge is 0.376 e. The number of nitrogens with one attached hydrogen (secondary N) is 3. The molecule has 7 heteroatoms. The van der Waals surface area contributed by atoms with Crippen LogP contribution in [0.3, 0.4) is 0 Å². The Morgan fingerprint density at radius 1 is 1.45 bits per heavy atom.